The summed E-state index contributed by atoms with van der Waals surface area (Å²) in [7, 11) is 0. The topological polar surface area (TPSA) is 123 Å². The molecule has 9 nitrogen and oxygen atoms in total. The van der Waals surface area contributed by atoms with Crippen molar-refractivity contribution in [3.63, 3.8) is 0 Å². The summed E-state index contributed by atoms with van der Waals surface area (Å²) in [6.45, 7) is 2.53. The van der Waals surface area contributed by atoms with Crippen molar-refractivity contribution in [1.29, 1.82) is 0 Å². The molecule has 0 aliphatic rings. The third kappa shape index (κ3) is 6.21. The maximum Gasteiger partial charge on any atom is 0.338 e. The molecule has 1 heterocycles. The number of nitrogens with zero attached hydrogens (tertiary/aromatic N) is 2. The Morgan fingerprint density at radius 3 is 2.53 bits per heavy atom. The van der Waals surface area contributed by atoms with Crippen LogP contribution in [0.5, 0.6) is 0 Å². The van der Waals surface area contributed by atoms with E-state index in [1.165, 1.54) is 24.3 Å². The first-order chi connectivity index (χ1) is 15.3. The number of nitrogens with one attached hydrogen (secondary N) is 2. The molecule has 0 aliphatic carbocycles. The molecule has 10 heteroatoms. The Balaban J connectivity index is 1.44. The Bertz CT molecular complexity index is 1110. The van der Waals surface area contributed by atoms with Gasteiger partial charge in [-0.3, -0.25) is 9.59 Å². The van der Waals surface area contributed by atoms with E-state index >= 15 is 0 Å². The van der Waals surface area contributed by atoms with E-state index in [9.17, 15) is 18.8 Å². The fourth-order valence-electron chi connectivity index (χ4n) is 2.76. The van der Waals surface area contributed by atoms with Gasteiger partial charge < -0.3 is 19.8 Å². The van der Waals surface area contributed by atoms with Gasteiger partial charge in [0.2, 0.25) is 17.7 Å². The zero-order valence-corrected chi connectivity index (χ0v) is 17.4. The van der Waals surface area contributed by atoms with Gasteiger partial charge >= 0.3 is 5.97 Å². The van der Waals surface area contributed by atoms with Crippen molar-refractivity contribution in [1.82, 2.24) is 20.8 Å². The predicted molar refractivity (Wildman–Crippen MR) is 111 cm³/mol. The first-order valence-electron chi connectivity index (χ1n) is 9.71. The lowest BCUT2D eigenvalue weighted by molar-refractivity contribution is -0.128. The molecule has 0 aliphatic heterocycles. The Kier molecular flexibility index (Phi) is 7.27. The number of esters is 1. The number of carbonyl (C=O) groups excluding carboxylic acids is 3. The highest BCUT2D eigenvalue weighted by atomic mass is 19.1. The molecule has 0 saturated carbocycles. The van der Waals surface area contributed by atoms with Crippen LogP contribution in [-0.4, -0.2) is 41.1 Å². The highest BCUT2D eigenvalue weighted by Gasteiger charge is 2.15. The molecule has 0 spiro atoms. The summed E-state index contributed by atoms with van der Waals surface area (Å²) in [6.07, 6.45) is 0. The smallest absolute Gasteiger partial charge is 0.338 e. The second-order valence-corrected chi connectivity index (χ2v) is 6.90. The molecule has 1 unspecified atom stereocenters. The van der Waals surface area contributed by atoms with Crippen molar-refractivity contribution >= 4 is 17.8 Å². The summed E-state index contributed by atoms with van der Waals surface area (Å²) in [4.78, 5) is 36.2. The van der Waals surface area contributed by atoms with Crippen LogP contribution < -0.4 is 10.6 Å². The number of hydrogen-bond acceptors (Lipinski definition) is 7. The summed E-state index contributed by atoms with van der Waals surface area (Å²) in [5.74, 6) is -1.51. The summed E-state index contributed by atoms with van der Waals surface area (Å²) in [5.41, 5.74) is 1.46. The zero-order valence-electron chi connectivity index (χ0n) is 17.4. The highest BCUT2D eigenvalue weighted by molar-refractivity contribution is 5.93. The van der Waals surface area contributed by atoms with Crippen molar-refractivity contribution < 1.29 is 27.9 Å². The Morgan fingerprint density at radius 2 is 1.84 bits per heavy atom. The van der Waals surface area contributed by atoms with Gasteiger partial charge in [0.05, 0.1) is 18.2 Å². The van der Waals surface area contributed by atoms with Crippen LogP contribution in [0.4, 0.5) is 4.39 Å². The average Bonchev–Trinajstić information content (AvgIpc) is 3.23. The van der Waals surface area contributed by atoms with Crippen LogP contribution >= 0.6 is 0 Å². The van der Waals surface area contributed by atoms with Crippen molar-refractivity contribution in [3.05, 3.63) is 71.4 Å². The monoisotopic (exact) mass is 440 g/mol. The van der Waals surface area contributed by atoms with Gasteiger partial charge in [0.1, 0.15) is 5.82 Å². The third-order valence-electron chi connectivity index (χ3n) is 4.40. The normalized spacial score (nSPS) is 11.5. The quantitative estimate of drug-likeness (QED) is 0.515. The van der Waals surface area contributed by atoms with Gasteiger partial charge in [-0.2, -0.15) is 0 Å². The highest BCUT2D eigenvalue weighted by Crippen LogP contribution is 2.19. The minimum Gasteiger partial charge on any atom is -0.452 e. The van der Waals surface area contributed by atoms with Crippen molar-refractivity contribution in [2.45, 2.75) is 19.9 Å². The van der Waals surface area contributed by atoms with Crippen LogP contribution in [0.25, 0.3) is 11.5 Å². The molecule has 0 saturated heterocycles. The Hall–Kier alpha value is -4.08. The fourth-order valence-corrected chi connectivity index (χ4v) is 2.76. The summed E-state index contributed by atoms with van der Waals surface area (Å²) in [5, 5.41) is 12.7. The average molecular weight is 440 g/mol. The van der Waals surface area contributed by atoms with Crippen molar-refractivity contribution in [2.75, 3.05) is 13.2 Å². The summed E-state index contributed by atoms with van der Waals surface area (Å²) in [6, 6.07) is 11.7. The molecule has 1 aromatic heterocycles. The number of carbonyl (C=O) groups is 3. The van der Waals surface area contributed by atoms with Crippen LogP contribution in [0, 0.1) is 12.7 Å². The largest absolute Gasteiger partial charge is 0.452 e. The van der Waals surface area contributed by atoms with Crippen LogP contribution in [-0.2, 0) is 14.3 Å². The van der Waals surface area contributed by atoms with E-state index in [1.54, 1.807) is 38.1 Å². The zero-order chi connectivity index (χ0) is 23.1. The molecule has 3 rings (SSSR count). The van der Waals surface area contributed by atoms with Gasteiger partial charge in [-0.1, -0.05) is 18.2 Å². The first kappa shape index (κ1) is 22.6. The van der Waals surface area contributed by atoms with Crippen LogP contribution in [0.1, 0.15) is 34.8 Å². The van der Waals surface area contributed by atoms with Gasteiger partial charge in [-0.05, 0) is 42.8 Å². The third-order valence-corrected chi connectivity index (χ3v) is 4.40. The van der Waals surface area contributed by atoms with Gasteiger partial charge in [-0.25, -0.2) is 9.18 Å². The van der Waals surface area contributed by atoms with E-state index in [1.807, 2.05) is 0 Å². The number of aromatic nitrogens is 2. The van der Waals surface area contributed by atoms with Gasteiger partial charge in [0.25, 0.3) is 5.91 Å². The molecule has 3 aromatic rings. The van der Waals surface area contributed by atoms with E-state index in [2.05, 4.69) is 20.8 Å². The van der Waals surface area contributed by atoms with E-state index in [4.69, 9.17) is 9.15 Å². The standard InChI is InChI=1S/C22H21FN4O5/c1-13(15-6-8-18(23)9-7-15)25-19(28)11-24-20(29)12-31-22(30)17-5-3-4-16(10-17)21-27-26-14(2)32-21/h3-10,13H,11-12H2,1-2H3,(H,24,29)(H,25,28). The SMILES string of the molecule is Cc1nnc(-c2cccc(C(=O)OCC(=O)NCC(=O)NC(C)c3ccc(F)cc3)c2)o1. The molecule has 2 N–H and O–H groups in total. The van der Waals surface area contributed by atoms with E-state index in [-0.39, 0.29) is 29.9 Å². The van der Waals surface area contributed by atoms with Gasteiger partial charge in [0.15, 0.2) is 6.61 Å². The molecular formula is C22H21FN4O5. The number of hydrogen-bond donors (Lipinski definition) is 2. The maximum atomic E-state index is 13.0. The summed E-state index contributed by atoms with van der Waals surface area (Å²) >= 11 is 0. The molecular weight excluding hydrogens is 419 g/mol. The number of rotatable bonds is 8. The lowest BCUT2D eigenvalue weighted by atomic mass is 10.1. The number of ether oxygens (including phenoxy) is 1. The predicted octanol–water partition coefficient (Wildman–Crippen LogP) is 2.33. The van der Waals surface area contributed by atoms with Crippen LogP contribution in [0.15, 0.2) is 52.9 Å². The maximum absolute atomic E-state index is 13.0. The molecule has 0 bridgehead atoms. The minimum absolute atomic E-state index is 0.206. The molecule has 0 radical (unpaired) electrons. The van der Waals surface area contributed by atoms with E-state index in [0.717, 1.165) is 5.56 Å². The van der Waals surface area contributed by atoms with Crippen molar-refractivity contribution in [2.24, 2.45) is 0 Å². The Morgan fingerprint density at radius 1 is 1.09 bits per heavy atom. The molecule has 2 amide bonds. The molecule has 2 aromatic carbocycles. The lowest BCUT2D eigenvalue weighted by Crippen LogP contribution is -2.39. The number of halogens is 1. The molecule has 166 valence electrons. The van der Waals surface area contributed by atoms with Crippen molar-refractivity contribution in [3.8, 4) is 11.5 Å². The minimum atomic E-state index is -0.715. The van der Waals surface area contributed by atoms with Crippen LogP contribution in [0.3, 0.4) is 0 Å². The summed E-state index contributed by atoms with van der Waals surface area (Å²) < 4.78 is 23.3. The molecule has 0 fully saturated rings. The first-order valence-corrected chi connectivity index (χ1v) is 9.71. The fraction of sp³-hybridized carbons (Fsp3) is 0.227. The second-order valence-electron chi connectivity index (χ2n) is 6.90. The number of aryl methyl sites for hydroxylation is 1. The molecule has 32 heavy (non-hydrogen) atoms. The van der Waals surface area contributed by atoms with Gasteiger partial charge in [0, 0.05) is 12.5 Å². The lowest BCUT2D eigenvalue weighted by Gasteiger charge is -2.14. The second kappa shape index (κ2) is 10.3. The number of amides is 2. The number of benzene rings is 2. The van der Waals surface area contributed by atoms with Crippen LogP contribution in [0.2, 0.25) is 0 Å². The van der Waals surface area contributed by atoms with E-state index in [0.29, 0.717) is 11.5 Å². The Labute approximate surface area is 183 Å². The van der Waals surface area contributed by atoms with Gasteiger partial charge in [-0.15, -0.1) is 10.2 Å². The molecule has 1 atom stereocenters. The van der Waals surface area contributed by atoms with E-state index < -0.39 is 24.4 Å².